The van der Waals surface area contributed by atoms with E-state index in [9.17, 15) is 14.3 Å². The average Bonchev–Trinajstić information content (AvgIpc) is 2.41. The molecule has 4 fully saturated rings. The van der Waals surface area contributed by atoms with Crippen molar-refractivity contribution in [1.29, 1.82) is 0 Å². The molecule has 21 heavy (non-hydrogen) atoms. The van der Waals surface area contributed by atoms with Crippen LogP contribution in [0.5, 0.6) is 5.75 Å². The standard InChI is InChI=1S/C17H20FNO2/c18-14-8-13(1-2-15(14)20)19-17(21)16-11-4-9-3-10(6-11)7-12(16)5-9/h1-2,8-12,16,20H,3-7H2,(H,19,21). The van der Waals surface area contributed by atoms with E-state index in [-0.39, 0.29) is 17.6 Å². The number of phenols is 1. The summed E-state index contributed by atoms with van der Waals surface area (Å²) in [6.07, 6.45) is 6.12. The monoisotopic (exact) mass is 289 g/mol. The second kappa shape index (κ2) is 4.72. The zero-order valence-corrected chi connectivity index (χ0v) is 11.9. The van der Waals surface area contributed by atoms with Crippen LogP contribution in [0.15, 0.2) is 18.2 Å². The van der Waals surface area contributed by atoms with Gasteiger partial charge in [0.1, 0.15) is 0 Å². The first-order chi connectivity index (χ1) is 10.1. The van der Waals surface area contributed by atoms with Gasteiger partial charge in [0.2, 0.25) is 5.91 Å². The third-order valence-electron chi connectivity index (χ3n) is 5.74. The van der Waals surface area contributed by atoms with Crippen LogP contribution in [0.25, 0.3) is 0 Å². The van der Waals surface area contributed by atoms with Gasteiger partial charge in [-0.15, -0.1) is 0 Å². The van der Waals surface area contributed by atoms with E-state index >= 15 is 0 Å². The third kappa shape index (κ3) is 2.21. The lowest BCUT2D eigenvalue weighted by atomic mass is 9.51. The Labute approximate surface area is 123 Å². The molecule has 1 aromatic rings. The summed E-state index contributed by atoms with van der Waals surface area (Å²) in [6.45, 7) is 0. The number of carbonyl (C=O) groups is 1. The molecule has 4 bridgehead atoms. The maximum atomic E-state index is 13.4. The molecular formula is C17H20FNO2. The molecule has 0 heterocycles. The first-order valence-electron chi connectivity index (χ1n) is 7.89. The zero-order valence-electron chi connectivity index (χ0n) is 11.9. The van der Waals surface area contributed by atoms with Crippen molar-refractivity contribution in [3.05, 3.63) is 24.0 Å². The lowest BCUT2D eigenvalue weighted by Gasteiger charge is -2.53. The van der Waals surface area contributed by atoms with Gasteiger partial charge in [-0.1, -0.05) is 0 Å². The van der Waals surface area contributed by atoms with Crippen molar-refractivity contribution >= 4 is 11.6 Å². The normalized spacial score (nSPS) is 36.7. The van der Waals surface area contributed by atoms with Crippen LogP contribution in [0.4, 0.5) is 10.1 Å². The number of halogens is 1. The lowest BCUT2D eigenvalue weighted by Crippen LogP contribution is -2.49. The summed E-state index contributed by atoms with van der Waals surface area (Å²) in [4.78, 5) is 12.6. The predicted molar refractivity (Wildman–Crippen MR) is 77.2 cm³/mol. The van der Waals surface area contributed by atoms with E-state index < -0.39 is 5.82 Å². The molecule has 4 saturated carbocycles. The van der Waals surface area contributed by atoms with Gasteiger partial charge in [0.15, 0.2) is 11.6 Å². The van der Waals surface area contributed by atoms with Crippen molar-refractivity contribution in [1.82, 2.24) is 0 Å². The molecule has 0 aliphatic heterocycles. The van der Waals surface area contributed by atoms with Gasteiger partial charge in [-0.3, -0.25) is 4.79 Å². The highest BCUT2D eigenvalue weighted by Gasteiger charge is 2.50. The maximum absolute atomic E-state index is 13.4. The summed E-state index contributed by atoms with van der Waals surface area (Å²) in [5, 5.41) is 12.1. The number of rotatable bonds is 2. The average molecular weight is 289 g/mol. The highest BCUT2D eigenvalue weighted by molar-refractivity contribution is 5.93. The number of hydrogen-bond acceptors (Lipinski definition) is 2. The van der Waals surface area contributed by atoms with Gasteiger partial charge < -0.3 is 10.4 Å². The van der Waals surface area contributed by atoms with Crippen molar-refractivity contribution in [2.75, 3.05) is 5.32 Å². The topological polar surface area (TPSA) is 49.3 Å². The molecule has 2 N–H and O–H groups in total. The molecule has 3 nitrogen and oxygen atoms in total. The molecule has 112 valence electrons. The van der Waals surface area contributed by atoms with E-state index in [1.807, 2.05) is 0 Å². The zero-order chi connectivity index (χ0) is 14.6. The van der Waals surface area contributed by atoms with E-state index in [0.29, 0.717) is 17.5 Å². The number of aromatic hydroxyl groups is 1. The van der Waals surface area contributed by atoms with Gasteiger partial charge in [0.25, 0.3) is 0 Å². The molecule has 0 saturated heterocycles. The highest BCUT2D eigenvalue weighted by atomic mass is 19.1. The number of hydrogen-bond donors (Lipinski definition) is 2. The maximum Gasteiger partial charge on any atom is 0.228 e. The molecule has 0 spiro atoms. The van der Waals surface area contributed by atoms with Crippen LogP contribution >= 0.6 is 0 Å². The molecule has 4 aliphatic carbocycles. The van der Waals surface area contributed by atoms with E-state index in [1.54, 1.807) is 6.07 Å². The van der Waals surface area contributed by atoms with Crippen molar-refractivity contribution < 1.29 is 14.3 Å². The number of amides is 1. The molecule has 1 amide bonds. The van der Waals surface area contributed by atoms with Crippen molar-refractivity contribution in [3.63, 3.8) is 0 Å². The molecule has 1 aromatic carbocycles. The number of nitrogens with one attached hydrogen (secondary N) is 1. The molecule has 0 aromatic heterocycles. The summed E-state index contributed by atoms with van der Waals surface area (Å²) in [7, 11) is 0. The minimum atomic E-state index is -0.696. The fourth-order valence-corrected chi connectivity index (χ4v) is 5.16. The van der Waals surface area contributed by atoms with Crippen LogP contribution in [0.3, 0.4) is 0 Å². The van der Waals surface area contributed by atoms with Gasteiger partial charge >= 0.3 is 0 Å². The van der Waals surface area contributed by atoms with Gasteiger partial charge in [0.05, 0.1) is 0 Å². The Morgan fingerprint density at radius 3 is 2.29 bits per heavy atom. The molecular weight excluding hydrogens is 269 g/mol. The van der Waals surface area contributed by atoms with E-state index in [2.05, 4.69) is 5.32 Å². The quantitative estimate of drug-likeness (QED) is 0.818. The Morgan fingerprint density at radius 2 is 1.71 bits per heavy atom. The molecule has 0 radical (unpaired) electrons. The predicted octanol–water partition coefficient (Wildman–Crippen LogP) is 3.54. The van der Waals surface area contributed by atoms with Crippen LogP contribution in [0, 0.1) is 35.4 Å². The molecule has 4 heteroatoms. The van der Waals surface area contributed by atoms with Gasteiger partial charge in [-0.05, 0) is 67.9 Å². The molecule has 0 unspecified atom stereocenters. The van der Waals surface area contributed by atoms with Gasteiger partial charge in [0, 0.05) is 17.7 Å². The van der Waals surface area contributed by atoms with E-state index in [1.165, 1.54) is 44.2 Å². The summed E-state index contributed by atoms with van der Waals surface area (Å²) < 4.78 is 13.4. The molecule has 0 atom stereocenters. The largest absolute Gasteiger partial charge is 0.505 e. The smallest absolute Gasteiger partial charge is 0.228 e. The lowest BCUT2D eigenvalue weighted by molar-refractivity contribution is -0.132. The van der Waals surface area contributed by atoms with Crippen LogP contribution in [-0.2, 0) is 4.79 Å². The van der Waals surface area contributed by atoms with Crippen LogP contribution in [0.1, 0.15) is 32.1 Å². The second-order valence-electron chi connectivity index (χ2n) is 7.11. The summed E-state index contributed by atoms with van der Waals surface area (Å²) in [5.41, 5.74) is 0.434. The summed E-state index contributed by atoms with van der Waals surface area (Å²) in [5.74, 6) is 1.75. The van der Waals surface area contributed by atoms with Crippen LogP contribution in [0.2, 0.25) is 0 Å². The Hall–Kier alpha value is -1.58. The Morgan fingerprint density at radius 1 is 1.10 bits per heavy atom. The Balaban J connectivity index is 1.51. The minimum Gasteiger partial charge on any atom is -0.505 e. The number of phenolic OH excluding ortho intramolecular Hbond substituents is 1. The fourth-order valence-electron chi connectivity index (χ4n) is 5.16. The van der Waals surface area contributed by atoms with Gasteiger partial charge in [-0.2, -0.15) is 0 Å². The van der Waals surface area contributed by atoms with Gasteiger partial charge in [-0.25, -0.2) is 4.39 Å². The second-order valence-corrected chi connectivity index (χ2v) is 7.11. The SMILES string of the molecule is O=C(Nc1ccc(O)c(F)c1)C1C2CC3CC(C2)CC1C3. The van der Waals surface area contributed by atoms with Crippen LogP contribution < -0.4 is 5.32 Å². The van der Waals surface area contributed by atoms with E-state index in [4.69, 9.17) is 0 Å². The van der Waals surface area contributed by atoms with Crippen molar-refractivity contribution in [2.24, 2.45) is 29.6 Å². The number of anilines is 1. The fraction of sp³-hybridized carbons (Fsp3) is 0.588. The highest BCUT2D eigenvalue weighted by Crippen LogP contribution is 2.56. The minimum absolute atomic E-state index is 0.0360. The Bertz CT molecular complexity index is 558. The van der Waals surface area contributed by atoms with Crippen LogP contribution in [-0.4, -0.2) is 11.0 Å². The first kappa shape index (κ1) is 13.1. The van der Waals surface area contributed by atoms with Crippen molar-refractivity contribution in [3.8, 4) is 5.75 Å². The number of carbonyl (C=O) groups excluding carboxylic acids is 1. The van der Waals surface area contributed by atoms with Crippen molar-refractivity contribution in [2.45, 2.75) is 32.1 Å². The molecule has 5 rings (SSSR count). The first-order valence-corrected chi connectivity index (χ1v) is 7.89. The third-order valence-corrected chi connectivity index (χ3v) is 5.74. The summed E-state index contributed by atoms with van der Waals surface area (Å²) in [6, 6.07) is 4.01. The molecule has 4 aliphatic rings. The van der Waals surface area contributed by atoms with E-state index in [0.717, 1.165) is 11.8 Å². The Kier molecular flexibility index (Phi) is 2.95. The summed E-state index contributed by atoms with van der Waals surface area (Å²) >= 11 is 0. The number of benzene rings is 1.